The van der Waals surface area contributed by atoms with Crippen LogP contribution in [0.2, 0.25) is 0 Å². The Morgan fingerprint density at radius 1 is 1.48 bits per heavy atom. The number of aromatic nitrogens is 1. The van der Waals surface area contributed by atoms with Crippen molar-refractivity contribution in [3.05, 3.63) is 46.1 Å². The molecule has 2 aromatic rings. The number of carbonyl (C=O) groups is 1. The molecule has 4 nitrogen and oxygen atoms in total. The molecule has 0 radical (unpaired) electrons. The zero-order valence-corrected chi connectivity index (χ0v) is 12.5. The molecule has 0 fully saturated rings. The van der Waals surface area contributed by atoms with Gasteiger partial charge in [-0.1, -0.05) is 6.92 Å². The van der Waals surface area contributed by atoms with E-state index < -0.39 is 0 Å². The number of nitrogens with zero attached hydrogens (tertiary/aromatic N) is 2. The third-order valence-electron chi connectivity index (χ3n) is 3.79. The number of fused-ring (bicyclic) bond motifs is 1. The summed E-state index contributed by atoms with van der Waals surface area (Å²) in [7, 11) is 0. The molecule has 0 bridgehead atoms. The fourth-order valence-corrected chi connectivity index (χ4v) is 3.99. The summed E-state index contributed by atoms with van der Waals surface area (Å²) in [5, 5.41) is 13.0. The van der Waals surface area contributed by atoms with E-state index in [-0.39, 0.29) is 5.91 Å². The molecule has 1 aliphatic carbocycles. The van der Waals surface area contributed by atoms with Gasteiger partial charge in [-0.25, -0.2) is 0 Å². The number of rotatable bonds is 2. The number of hydrogen-bond donors (Lipinski definition) is 1. The van der Waals surface area contributed by atoms with Gasteiger partial charge >= 0.3 is 0 Å². The molecule has 3 rings (SSSR count). The molecule has 1 aliphatic rings. The molecule has 1 unspecified atom stereocenters. The van der Waals surface area contributed by atoms with Crippen LogP contribution in [0, 0.1) is 17.2 Å². The lowest BCUT2D eigenvalue weighted by atomic mass is 9.88. The molecule has 0 saturated carbocycles. The fourth-order valence-electron chi connectivity index (χ4n) is 2.64. The van der Waals surface area contributed by atoms with Crippen molar-refractivity contribution in [1.29, 1.82) is 5.26 Å². The topological polar surface area (TPSA) is 65.8 Å². The van der Waals surface area contributed by atoms with Crippen LogP contribution in [-0.2, 0) is 12.8 Å². The van der Waals surface area contributed by atoms with Crippen LogP contribution in [0.4, 0.5) is 5.00 Å². The Balaban J connectivity index is 1.90. The number of nitriles is 1. The van der Waals surface area contributed by atoms with E-state index in [1.54, 1.807) is 35.9 Å². The lowest BCUT2D eigenvalue weighted by Crippen LogP contribution is -2.12. The summed E-state index contributed by atoms with van der Waals surface area (Å²) < 4.78 is 0. The first-order valence-electron chi connectivity index (χ1n) is 6.95. The number of hydrogen-bond acceptors (Lipinski definition) is 4. The average Bonchev–Trinajstić information content (AvgIpc) is 2.84. The van der Waals surface area contributed by atoms with Gasteiger partial charge in [0.2, 0.25) is 0 Å². The molecular formula is C16H15N3OS. The van der Waals surface area contributed by atoms with E-state index >= 15 is 0 Å². The van der Waals surface area contributed by atoms with Gasteiger partial charge in [0.1, 0.15) is 11.1 Å². The van der Waals surface area contributed by atoms with Crippen molar-refractivity contribution in [3.63, 3.8) is 0 Å². The van der Waals surface area contributed by atoms with Gasteiger partial charge in [0.25, 0.3) is 5.91 Å². The Kier molecular flexibility index (Phi) is 3.72. The lowest BCUT2D eigenvalue weighted by molar-refractivity contribution is 0.102. The number of thiophene rings is 1. The molecule has 21 heavy (non-hydrogen) atoms. The van der Waals surface area contributed by atoms with Gasteiger partial charge < -0.3 is 5.32 Å². The maximum Gasteiger partial charge on any atom is 0.256 e. The van der Waals surface area contributed by atoms with Crippen LogP contribution in [0.3, 0.4) is 0 Å². The number of carbonyl (C=O) groups excluding carboxylic acids is 1. The van der Waals surface area contributed by atoms with Crippen molar-refractivity contribution in [2.24, 2.45) is 5.92 Å². The van der Waals surface area contributed by atoms with Crippen molar-refractivity contribution in [2.45, 2.75) is 26.2 Å². The normalized spacial score (nSPS) is 16.9. The predicted molar refractivity (Wildman–Crippen MR) is 82.4 cm³/mol. The average molecular weight is 297 g/mol. The highest BCUT2D eigenvalue weighted by Crippen LogP contribution is 2.39. The van der Waals surface area contributed by atoms with Gasteiger partial charge in [0.05, 0.1) is 5.56 Å². The Morgan fingerprint density at radius 3 is 2.95 bits per heavy atom. The molecule has 1 amide bonds. The van der Waals surface area contributed by atoms with Crippen LogP contribution in [0.15, 0.2) is 24.5 Å². The second-order valence-corrected chi connectivity index (χ2v) is 6.46. The van der Waals surface area contributed by atoms with Crippen molar-refractivity contribution < 1.29 is 4.79 Å². The Labute approximate surface area is 127 Å². The first-order chi connectivity index (χ1) is 10.2. The van der Waals surface area contributed by atoms with E-state index in [0.717, 1.165) is 24.8 Å². The summed E-state index contributed by atoms with van der Waals surface area (Å²) >= 11 is 1.54. The lowest BCUT2D eigenvalue weighted by Gasteiger charge is -2.17. The van der Waals surface area contributed by atoms with Crippen molar-refractivity contribution in [2.75, 3.05) is 5.32 Å². The molecule has 1 atom stereocenters. The molecule has 2 heterocycles. The Bertz CT molecular complexity index is 715. The van der Waals surface area contributed by atoms with Crippen LogP contribution in [0.5, 0.6) is 0 Å². The van der Waals surface area contributed by atoms with E-state index in [0.29, 0.717) is 22.0 Å². The van der Waals surface area contributed by atoms with Crippen LogP contribution in [0.25, 0.3) is 0 Å². The van der Waals surface area contributed by atoms with Crippen molar-refractivity contribution in [3.8, 4) is 6.07 Å². The van der Waals surface area contributed by atoms with Gasteiger partial charge in [0.15, 0.2) is 0 Å². The molecule has 0 aromatic carbocycles. The monoisotopic (exact) mass is 297 g/mol. The standard InChI is InChI=1S/C16H15N3OS/c1-10-2-3-12-13(9-17)16(21-14(12)8-10)19-15(20)11-4-6-18-7-5-11/h4-7,10H,2-3,8H2,1H3,(H,19,20). The first kappa shape index (κ1) is 13.8. The summed E-state index contributed by atoms with van der Waals surface area (Å²) in [4.78, 5) is 17.4. The largest absolute Gasteiger partial charge is 0.312 e. The summed E-state index contributed by atoms with van der Waals surface area (Å²) in [6.45, 7) is 2.23. The zero-order valence-electron chi connectivity index (χ0n) is 11.7. The van der Waals surface area contributed by atoms with E-state index in [4.69, 9.17) is 0 Å². The molecule has 106 valence electrons. The minimum atomic E-state index is -0.194. The minimum absolute atomic E-state index is 0.194. The van der Waals surface area contributed by atoms with Gasteiger partial charge in [0, 0.05) is 22.8 Å². The third kappa shape index (κ3) is 2.67. The maximum absolute atomic E-state index is 12.2. The van der Waals surface area contributed by atoms with E-state index in [1.807, 2.05) is 0 Å². The summed E-state index contributed by atoms with van der Waals surface area (Å²) in [6.07, 6.45) is 6.21. The predicted octanol–water partition coefficient (Wildman–Crippen LogP) is 3.39. The van der Waals surface area contributed by atoms with Crippen LogP contribution < -0.4 is 5.32 Å². The van der Waals surface area contributed by atoms with E-state index in [2.05, 4.69) is 23.3 Å². The summed E-state index contributed by atoms with van der Waals surface area (Å²) in [5.74, 6) is 0.451. The van der Waals surface area contributed by atoms with E-state index in [1.165, 1.54) is 4.88 Å². The Hall–Kier alpha value is -2.19. The highest BCUT2D eigenvalue weighted by molar-refractivity contribution is 7.16. The summed E-state index contributed by atoms with van der Waals surface area (Å²) in [5.41, 5.74) is 2.32. The third-order valence-corrected chi connectivity index (χ3v) is 4.96. The Morgan fingerprint density at radius 2 is 2.24 bits per heavy atom. The molecule has 2 aromatic heterocycles. The van der Waals surface area contributed by atoms with Crippen molar-refractivity contribution in [1.82, 2.24) is 4.98 Å². The summed E-state index contributed by atoms with van der Waals surface area (Å²) in [6, 6.07) is 5.59. The molecule has 0 saturated heterocycles. The van der Waals surface area contributed by atoms with Crippen LogP contribution in [-0.4, -0.2) is 10.9 Å². The number of amides is 1. The minimum Gasteiger partial charge on any atom is -0.312 e. The number of pyridine rings is 1. The molecular weight excluding hydrogens is 282 g/mol. The highest BCUT2D eigenvalue weighted by atomic mass is 32.1. The number of nitrogens with one attached hydrogen (secondary N) is 1. The first-order valence-corrected chi connectivity index (χ1v) is 7.76. The SMILES string of the molecule is CC1CCc2c(sc(NC(=O)c3ccncc3)c2C#N)C1. The van der Waals surface area contributed by atoms with Crippen molar-refractivity contribution >= 4 is 22.2 Å². The number of anilines is 1. The maximum atomic E-state index is 12.2. The van der Waals surface area contributed by atoms with Crippen LogP contribution >= 0.6 is 11.3 Å². The fraction of sp³-hybridized carbons (Fsp3) is 0.312. The van der Waals surface area contributed by atoms with Gasteiger partial charge in [-0.2, -0.15) is 5.26 Å². The quantitative estimate of drug-likeness (QED) is 0.924. The molecule has 5 heteroatoms. The highest BCUT2D eigenvalue weighted by Gasteiger charge is 2.24. The van der Waals surface area contributed by atoms with E-state index in [9.17, 15) is 10.1 Å². The van der Waals surface area contributed by atoms with Gasteiger partial charge in [-0.05, 0) is 42.9 Å². The van der Waals surface area contributed by atoms with Gasteiger partial charge in [-0.3, -0.25) is 9.78 Å². The second kappa shape index (κ2) is 5.66. The smallest absolute Gasteiger partial charge is 0.256 e. The zero-order chi connectivity index (χ0) is 14.8. The van der Waals surface area contributed by atoms with Gasteiger partial charge in [-0.15, -0.1) is 11.3 Å². The molecule has 1 N–H and O–H groups in total. The van der Waals surface area contributed by atoms with Crippen LogP contribution in [0.1, 0.15) is 39.7 Å². The molecule has 0 spiro atoms. The second-order valence-electron chi connectivity index (χ2n) is 5.36. The molecule has 0 aliphatic heterocycles.